The molecule has 0 N–H and O–H groups in total. The van der Waals surface area contributed by atoms with Gasteiger partial charge in [0.1, 0.15) is 0 Å². The summed E-state index contributed by atoms with van der Waals surface area (Å²) in [7, 11) is 0. The monoisotopic (exact) mass is 506 g/mol. The molecule has 0 amide bonds. The molecule has 4 aromatic carbocycles. The maximum absolute atomic E-state index is 4.65. The Hall–Kier alpha value is -3.64. The van der Waals surface area contributed by atoms with E-state index in [9.17, 15) is 0 Å². The van der Waals surface area contributed by atoms with Gasteiger partial charge in [-0.3, -0.25) is 0 Å². The van der Waals surface area contributed by atoms with Crippen molar-refractivity contribution in [2.75, 3.05) is 0 Å². The van der Waals surface area contributed by atoms with Crippen molar-refractivity contribution in [3.63, 3.8) is 0 Å². The van der Waals surface area contributed by atoms with Gasteiger partial charge in [0.15, 0.2) is 0 Å². The average Bonchev–Trinajstić information content (AvgIpc) is 3.03. The fourth-order valence-corrected chi connectivity index (χ4v) is 7.24. The second kappa shape index (κ2) is 8.43. The van der Waals surface area contributed by atoms with E-state index in [1.165, 1.54) is 72.0 Å². The third kappa shape index (κ3) is 3.64. The van der Waals surface area contributed by atoms with Gasteiger partial charge in [-0.05, 0) is 115 Å². The van der Waals surface area contributed by atoms with Crippen LogP contribution in [0.1, 0.15) is 99.2 Å². The van der Waals surface area contributed by atoms with Crippen LogP contribution in [0.3, 0.4) is 0 Å². The lowest BCUT2D eigenvalue weighted by Gasteiger charge is -2.26. The van der Waals surface area contributed by atoms with E-state index in [0.717, 1.165) is 25.7 Å². The zero-order valence-electron chi connectivity index (χ0n) is 24.0. The molecule has 7 rings (SSSR count). The van der Waals surface area contributed by atoms with Crippen LogP contribution in [0.5, 0.6) is 0 Å². The van der Waals surface area contributed by atoms with Crippen LogP contribution in [0.4, 0.5) is 0 Å². The number of allylic oxidation sites excluding steroid dienone is 3. The Balaban J connectivity index is 1.51. The van der Waals surface area contributed by atoms with Crippen LogP contribution in [0, 0.1) is 0 Å². The van der Waals surface area contributed by atoms with Crippen molar-refractivity contribution in [2.24, 2.45) is 0 Å². The largest absolute Gasteiger partial charge is 0.0952 e. The third-order valence-corrected chi connectivity index (χ3v) is 9.55. The van der Waals surface area contributed by atoms with Gasteiger partial charge in [0, 0.05) is 5.41 Å². The number of hydrogen-bond acceptors (Lipinski definition) is 0. The SMILES string of the molecule is C=C1CCC2=C(c3cc4c(cc31)-c1ccc(C(C)(C)C)cc1C4(C)C)c1ccc3ccccc3c1/C=C\CC2. The molecule has 194 valence electrons. The highest BCUT2D eigenvalue weighted by Gasteiger charge is 2.38. The molecule has 0 radical (unpaired) electrons. The van der Waals surface area contributed by atoms with Gasteiger partial charge in [0.25, 0.3) is 0 Å². The summed E-state index contributed by atoms with van der Waals surface area (Å²) < 4.78 is 0. The molecule has 0 bridgehead atoms. The zero-order chi connectivity index (χ0) is 27.1. The first-order valence-electron chi connectivity index (χ1n) is 14.6. The number of benzene rings is 4. The lowest BCUT2D eigenvalue weighted by atomic mass is 9.77. The minimum atomic E-state index is -0.0525. The van der Waals surface area contributed by atoms with Crippen LogP contribution in [0.2, 0.25) is 0 Å². The Morgan fingerprint density at radius 1 is 0.718 bits per heavy atom. The molecule has 3 aliphatic rings. The highest BCUT2D eigenvalue weighted by molar-refractivity contribution is 6.01. The quantitative estimate of drug-likeness (QED) is 0.222. The number of rotatable bonds is 0. The molecule has 0 aromatic heterocycles. The first-order valence-corrected chi connectivity index (χ1v) is 14.6. The van der Waals surface area contributed by atoms with Crippen molar-refractivity contribution in [3.05, 3.63) is 124 Å². The normalized spacial score (nSPS) is 18.3. The summed E-state index contributed by atoms with van der Waals surface area (Å²) in [6.07, 6.45) is 9.06. The van der Waals surface area contributed by atoms with Gasteiger partial charge in [-0.2, -0.15) is 0 Å². The first kappa shape index (κ1) is 24.4. The highest BCUT2D eigenvalue weighted by atomic mass is 14.4. The fraction of sp³-hybridized carbons (Fsp3) is 0.282. The molecule has 0 saturated heterocycles. The standard InChI is InChI=1S/C39H38/c1-24-15-16-26-12-8-10-14-29-28-13-9-7-11-25(28)17-19-31(29)37(26)34-23-36-33(22-32(24)34)30-20-18-27(38(2,3)4)21-35(30)39(36,5)6/h7,9-11,13-14,17-23H,1,8,12,15-16H2,2-6H3/b14-10-. The van der Waals surface area contributed by atoms with Crippen LogP contribution in [0.25, 0.3) is 39.1 Å². The predicted molar refractivity (Wildman–Crippen MR) is 169 cm³/mol. The molecule has 0 heterocycles. The number of fused-ring (bicyclic) bond motifs is 9. The molecular formula is C39H38. The summed E-state index contributed by atoms with van der Waals surface area (Å²) in [5.74, 6) is 0. The van der Waals surface area contributed by atoms with E-state index in [4.69, 9.17) is 0 Å². The Morgan fingerprint density at radius 2 is 1.49 bits per heavy atom. The molecule has 0 fully saturated rings. The topological polar surface area (TPSA) is 0 Å². The molecule has 0 spiro atoms. The van der Waals surface area contributed by atoms with Crippen molar-refractivity contribution >= 4 is 28.0 Å². The Kier molecular flexibility index (Phi) is 5.27. The minimum Gasteiger partial charge on any atom is -0.0952 e. The Morgan fingerprint density at radius 3 is 2.31 bits per heavy atom. The van der Waals surface area contributed by atoms with Crippen molar-refractivity contribution in [3.8, 4) is 11.1 Å². The van der Waals surface area contributed by atoms with Gasteiger partial charge < -0.3 is 0 Å². The van der Waals surface area contributed by atoms with E-state index in [1.807, 2.05) is 0 Å². The fourth-order valence-electron chi connectivity index (χ4n) is 7.24. The summed E-state index contributed by atoms with van der Waals surface area (Å²) in [6, 6.07) is 25.8. The van der Waals surface area contributed by atoms with Crippen molar-refractivity contribution in [1.82, 2.24) is 0 Å². The molecule has 0 atom stereocenters. The molecule has 3 aliphatic carbocycles. The summed E-state index contributed by atoms with van der Waals surface area (Å²) in [5, 5.41) is 2.65. The summed E-state index contributed by atoms with van der Waals surface area (Å²) in [5.41, 5.74) is 16.9. The molecule has 4 aromatic rings. The lowest BCUT2D eigenvalue weighted by Crippen LogP contribution is -2.18. The molecule has 0 unspecified atom stereocenters. The second-order valence-corrected chi connectivity index (χ2v) is 13.3. The molecule has 39 heavy (non-hydrogen) atoms. The van der Waals surface area contributed by atoms with Crippen LogP contribution >= 0.6 is 0 Å². The van der Waals surface area contributed by atoms with Crippen molar-refractivity contribution < 1.29 is 0 Å². The highest BCUT2D eigenvalue weighted by Crippen LogP contribution is 2.53. The van der Waals surface area contributed by atoms with Crippen molar-refractivity contribution in [2.45, 2.75) is 71.1 Å². The van der Waals surface area contributed by atoms with E-state index in [0.29, 0.717) is 0 Å². The molecule has 0 saturated carbocycles. The van der Waals surface area contributed by atoms with Gasteiger partial charge in [-0.25, -0.2) is 0 Å². The minimum absolute atomic E-state index is 0.0525. The van der Waals surface area contributed by atoms with Gasteiger partial charge in [0.2, 0.25) is 0 Å². The molecule has 0 heteroatoms. The van der Waals surface area contributed by atoms with Crippen LogP contribution < -0.4 is 0 Å². The smallest absolute Gasteiger partial charge is 0.0159 e. The van der Waals surface area contributed by atoms with Crippen LogP contribution in [-0.2, 0) is 10.8 Å². The van der Waals surface area contributed by atoms with Gasteiger partial charge in [0.05, 0.1) is 0 Å². The maximum Gasteiger partial charge on any atom is 0.0159 e. The van der Waals surface area contributed by atoms with E-state index in [-0.39, 0.29) is 10.8 Å². The van der Waals surface area contributed by atoms with Gasteiger partial charge in [-0.1, -0.05) is 114 Å². The van der Waals surface area contributed by atoms with Crippen LogP contribution in [0.15, 0.2) is 85.0 Å². The molecular weight excluding hydrogens is 468 g/mol. The average molecular weight is 507 g/mol. The number of hydrogen-bond donors (Lipinski definition) is 0. The maximum atomic E-state index is 4.65. The first-order chi connectivity index (χ1) is 18.6. The van der Waals surface area contributed by atoms with E-state index in [2.05, 4.69) is 120 Å². The Bertz CT molecular complexity index is 1760. The third-order valence-electron chi connectivity index (χ3n) is 9.55. The molecule has 0 nitrogen and oxygen atoms in total. The summed E-state index contributed by atoms with van der Waals surface area (Å²) >= 11 is 0. The summed E-state index contributed by atoms with van der Waals surface area (Å²) in [4.78, 5) is 0. The molecule has 0 aliphatic heterocycles. The Labute approximate surface area is 233 Å². The van der Waals surface area contributed by atoms with Crippen molar-refractivity contribution in [1.29, 1.82) is 0 Å². The van der Waals surface area contributed by atoms with Crippen LogP contribution in [-0.4, -0.2) is 0 Å². The predicted octanol–water partition coefficient (Wildman–Crippen LogP) is 10.9. The van der Waals surface area contributed by atoms with Gasteiger partial charge in [-0.15, -0.1) is 0 Å². The van der Waals surface area contributed by atoms with Gasteiger partial charge >= 0.3 is 0 Å². The summed E-state index contributed by atoms with van der Waals surface area (Å²) in [6.45, 7) is 16.4. The van der Waals surface area contributed by atoms with E-state index >= 15 is 0 Å². The lowest BCUT2D eigenvalue weighted by molar-refractivity contribution is 0.584. The zero-order valence-corrected chi connectivity index (χ0v) is 24.0. The van der Waals surface area contributed by atoms with E-state index in [1.54, 1.807) is 5.57 Å². The second-order valence-electron chi connectivity index (χ2n) is 13.3. The van der Waals surface area contributed by atoms with E-state index < -0.39 is 0 Å².